The van der Waals surface area contributed by atoms with Crippen molar-refractivity contribution < 1.29 is 13.3 Å². The summed E-state index contributed by atoms with van der Waals surface area (Å²) >= 11 is 0. The van der Waals surface area contributed by atoms with Crippen molar-refractivity contribution in [2.75, 3.05) is 37.1 Å². The van der Waals surface area contributed by atoms with E-state index in [2.05, 4.69) is 14.9 Å². The van der Waals surface area contributed by atoms with Gasteiger partial charge in [-0.2, -0.15) is 0 Å². The minimum Gasteiger partial charge on any atom is -0.494 e. The zero-order valence-corrected chi connectivity index (χ0v) is 14.6. The first-order valence-electron chi connectivity index (χ1n) is 7.82. The molecule has 3 rings (SSSR count). The predicted octanol–water partition coefficient (Wildman–Crippen LogP) is 2.67. The van der Waals surface area contributed by atoms with Crippen LogP contribution in [0.1, 0.15) is 12.8 Å². The molecule has 1 aromatic heterocycles. The van der Waals surface area contributed by atoms with Gasteiger partial charge in [0.1, 0.15) is 29.2 Å². The van der Waals surface area contributed by atoms with Crippen molar-refractivity contribution in [3.63, 3.8) is 0 Å². The molecule has 24 heavy (non-hydrogen) atoms. The number of benzene rings is 1. The number of nitrogens with one attached hydrogen (secondary N) is 1. The van der Waals surface area contributed by atoms with Crippen LogP contribution in [0.3, 0.4) is 0 Å². The average molecular weight is 352 g/mol. The van der Waals surface area contributed by atoms with E-state index in [1.807, 2.05) is 0 Å². The van der Waals surface area contributed by atoms with Crippen LogP contribution in [0.4, 0.5) is 10.2 Å². The van der Waals surface area contributed by atoms with Crippen molar-refractivity contribution in [2.24, 2.45) is 5.92 Å². The number of fused-ring (bicyclic) bond motifs is 1. The number of hydrogen-bond donors (Lipinski definition) is 1. The van der Waals surface area contributed by atoms with Gasteiger partial charge in [0.25, 0.3) is 0 Å². The topological polar surface area (TPSA) is 79.2 Å². The van der Waals surface area contributed by atoms with Crippen molar-refractivity contribution in [3.8, 4) is 5.75 Å². The van der Waals surface area contributed by atoms with Gasteiger partial charge >= 0.3 is 0 Å². The van der Waals surface area contributed by atoms with Crippen LogP contribution >= 0.6 is 0 Å². The zero-order valence-electron chi connectivity index (χ0n) is 13.8. The number of anilines is 1. The fraction of sp³-hybridized carbons (Fsp3) is 0.500. The third-order valence-electron chi connectivity index (χ3n) is 4.34. The lowest BCUT2D eigenvalue weighted by atomic mass is 9.98. The highest BCUT2D eigenvalue weighted by molar-refractivity contribution is 7.91. The molecule has 1 atom stereocenters. The number of ether oxygens (including phenoxy) is 1. The first kappa shape index (κ1) is 16.9. The summed E-state index contributed by atoms with van der Waals surface area (Å²) in [5, 5.41) is 0.632. The summed E-state index contributed by atoms with van der Waals surface area (Å²) in [6.07, 6.45) is 4.66. The maximum Gasteiger partial charge on any atom is 0.148 e. The minimum absolute atomic E-state index is 0.288. The van der Waals surface area contributed by atoms with Gasteiger partial charge in [0.15, 0.2) is 0 Å². The molecule has 0 saturated carbocycles. The van der Waals surface area contributed by atoms with E-state index in [9.17, 15) is 8.60 Å². The largest absolute Gasteiger partial charge is 0.494 e. The molecule has 0 radical (unpaired) electrons. The number of nitrogens with zero attached hydrogens (tertiary/aromatic N) is 3. The molecule has 2 heterocycles. The molecule has 0 amide bonds. The Bertz CT molecular complexity index is 849. The Morgan fingerprint density at radius 3 is 2.71 bits per heavy atom. The van der Waals surface area contributed by atoms with Crippen molar-refractivity contribution in [1.82, 2.24) is 9.97 Å². The molecule has 1 saturated heterocycles. The third-order valence-corrected chi connectivity index (χ3v) is 5.44. The second kappa shape index (κ2) is 6.51. The molecule has 0 spiro atoms. The summed E-state index contributed by atoms with van der Waals surface area (Å²) in [6, 6.07) is 2.75. The smallest absolute Gasteiger partial charge is 0.148 e. The van der Waals surface area contributed by atoms with Gasteiger partial charge in [-0.15, -0.1) is 0 Å². The molecule has 6 nitrogen and oxygen atoms in total. The van der Waals surface area contributed by atoms with Crippen LogP contribution in [0.25, 0.3) is 10.9 Å². The van der Waals surface area contributed by atoms with E-state index in [4.69, 9.17) is 9.52 Å². The van der Waals surface area contributed by atoms with E-state index in [0.29, 0.717) is 28.2 Å². The molecular weight excluding hydrogens is 331 g/mol. The fourth-order valence-electron chi connectivity index (χ4n) is 3.26. The van der Waals surface area contributed by atoms with Crippen LogP contribution in [0.15, 0.2) is 18.5 Å². The molecule has 1 fully saturated rings. The number of hydrogen-bond acceptors (Lipinski definition) is 6. The van der Waals surface area contributed by atoms with E-state index in [-0.39, 0.29) is 11.7 Å². The highest BCUT2D eigenvalue weighted by Gasteiger charge is 2.24. The summed E-state index contributed by atoms with van der Waals surface area (Å²) in [5.41, 5.74) is 0.591. The Balaban J connectivity index is 1.87. The van der Waals surface area contributed by atoms with Crippen LogP contribution in [-0.2, 0) is 9.73 Å². The van der Waals surface area contributed by atoms with Crippen molar-refractivity contribution in [1.29, 1.82) is 4.78 Å². The van der Waals surface area contributed by atoms with Crippen LogP contribution in [0.5, 0.6) is 5.75 Å². The molecule has 1 N–H and O–H groups in total. The molecule has 1 aliphatic heterocycles. The lowest BCUT2D eigenvalue weighted by Gasteiger charge is -2.33. The number of rotatable bonds is 4. The molecule has 1 unspecified atom stereocenters. The molecule has 0 bridgehead atoms. The van der Waals surface area contributed by atoms with Gasteiger partial charge in [-0.25, -0.2) is 14.4 Å². The second-order valence-corrected chi connectivity index (χ2v) is 8.65. The van der Waals surface area contributed by atoms with Crippen LogP contribution in [0.2, 0.25) is 0 Å². The van der Waals surface area contributed by atoms with E-state index in [1.165, 1.54) is 31.8 Å². The highest BCUT2D eigenvalue weighted by Crippen LogP contribution is 2.32. The summed E-state index contributed by atoms with van der Waals surface area (Å²) in [6.45, 7) is 1.48. The fourth-order valence-corrected chi connectivity index (χ4v) is 4.49. The highest BCUT2D eigenvalue weighted by atomic mass is 32.2. The van der Waals surface area contributed by atoms with Gasteiger partial charge in [0, 0.05) is 46.3 Å². The monoisotopic (exact) mass is 352 g/mol. The maximum atomic E-state index is 13.9. The third kappa shape index (κ3) is 3.58. The lowest BCUT2D eigenvalue weighted by Crippen LogP contribution is -2.36. The number of methoxy groups -OCH3 is 1. The van der Waals surface area contributed by atoms with Gasteiger partial charge in [0.05, 0.1) is 7.11 Å². The summed E-state index contributed by atoms with van der Waals surface area (Å²) in [5.74, 6) is 1.43. The Labute approximate surface area is 141 Å². The van der Waals surface area contributed by atoms with E-state index in [1.54, 1.807) is 0 Å². The number of piperidine rings is 1. The van der Waals surface area contributed by atoms with Crippen molar-refractivity contribution in [2.45, 2.75) is 12.8 Å². The zero-order chi connectivity index (χ0) is 17.3. The maximum absolute atomic E-state index is 13.9. The molecular formula is C16H21FN4O2S. The van der Waals surface area contributed by atoms with E-state index < -0.39 is 9.73 Å². The van der Waals surface area contributed by atoms with Crippen LogP contribution < -0.4 is 9.64 Å². The normalized spacial score (nSPS) is 18.5. The SMILES string of the molecule is COc1cc(F)cc2c(N3CCC(CS(C)(=N)=O)CC3)ncnc12. The van der Waals surface area contributed by atoms with E-state index >= 15 is 0 Å². The molecule has 1 aromatic carbocycles. The van der Waals surface area contributed by atoms with Gasteiger partial charge < -0.3 is 9.64 Å². The average Bonchev–Trinajstić information content (AvgIpc) is 2.53. The van der Waals surface area contributed by atoms with Gasteiger partial charge in [-0.05, 0) is 24.8 Å². The molecule has 0 aliphatic carbocycles. The Morgan fingerprint density at radius 2 is 2.08 bits per heavy atom. The van der Waals surface area contributed by atoms with E-state index in [0.717, 1.165) is 25.9 Å². The quantitative estimate of drug-likeness (QED) is 0.915. The Morgan fingerprint density at radius 1 is 1.38 bits per heavy atom. The summed E-state index contributed by atoms with van der Waals surface area (Å²) < 4.78 is 38.4. The molecule has 1 aliphatic rings. The van der Waals surface area contributed by atoms with Crippen LogP contribution in [0, 0.1) is 16.5 Å². The van der Waals surface area contributed by atoms with Crippen molar-refractivity contribution >= 4 is 26.4 Å². The minimum atomic E-state index is -2.47. The molecule has 8 heteroatoms. The first-order chi connectivity index (χ1) is 11.4. The Kier molecular flexibility index (Phi) is 4.58. The van der Waals surface area contributed by atoms with Gasteiger partial charge in [0.2, 0.25) is 0 Å². The van der Waals surface area contributed by atoms with Gasteiger partial charge in [-0.3, -0.25) is 8.99 Å². The molecule has 130 valence electrons. The van der Waals surface area contributed by atoms with Crippen molar-refractivity contribution in [3.05, 3.63) is 24.3 Å². The standard InChI is InChI=1S/C16H21FN4O2S/c1-23-14-8-12(17)7-13-15(14)19-10-20-16(13)21-5-3-11(4-6-21)9-24(2,18)22/h7-8,10-11,18H,3-6,9H2,1-2H3. The van der Waals surface area contributed by atoms with Crippen LogP contribution in [-0.4, -0.2) is 46.4 Å². The summed E-state index contributed by atoms with van der Waals surface area (Å²) in [4.78, 5) is 10.7. The summed E-state index contributed by atoms with van der Waals surface area (Å²) in [7, 11) is -0.975. The number of halogens is 1. The first-order valence-corrected chi connectivity index (χ1v) is 9.95. The second-order valence-electron chi connectivity index (χ2n) is 6.30. The van der Waals surface area contributed by atoms with Gasteiger partial charge in [-0.1, -0.05) is 0 Å². The number of aromatic nitrogens is 2. The lowest BCUT2D eigenvalue weighted by molar-refractivity contribution is 0.415. The predicted molar refractivity (Wildman–Crippen MR) is 92.6 cm³/mol. The Hall–Kier alpha value is -1.96. The molecule has 2 aromatic rings.